The number of carbonyl (C=O) groups excluding carboxylic acids is 1. The van der Waals surface area contributed by atoms with Crippen LogP contribution in [0, 0.1) is 13.8 Å². The molecule has 1 aliphatic heterocycles. The maximum atomic E-state index is 12.8. The second-order valence-electron chi connectivity index (χ2n) is 6.85. The number of halogens is 1. The van der Waals surface area contributed by atoms with Gasteiger partial charge in [-0.3, -0.25) is 9.78 Å². The van der Waals surface area contributed by atoms with Crippen LogP contribution in [0.1, 0.15) is 27.0 Å². The highest BCUT2D eigenvalue weighted by Gasteiger charge is 2.21. The molecule has 0 spiro atoms. The molecule has 0 saturated carbocycles. The van der Waals surface area contributed by atoms with Crippen molar-refractivity contribution in [1.29, 1.82) is 0 Å². The van der Waals surface area contributed by atoms with Crippen LogP contribution in [0.25, 0.3) is 0 Å². The van der Waals surface area contributed by atoms with Crippen LogP contribution in [0.3, 0.4) is 0 Å². The number of rotatable bonds is 3. The van der Waals surface area contributed by atoms with Crippen molar-refractivity contribution < 1.29 is 4.79 Å². The van der Waals surface area contributed by atoms with Crippen molar-refractivity contribution in [2.45, 2.75) is 20.3 Å². The molecule has 2 aromatic carbocycles. The number of nitrogens with one attached hydrogen (secondary N) is 1. The van der Waals surface area contributed by atoms with Crippen molar-refractivity contribution in [3.8, 4) is 0 Å². The summed E-state index contributed by atoms with van der Waals surface area (Å²) in [4.78, 5) is 19.3. The van der Waals surface area contributed by atoms with Gasteiger partial charge in [0.2, 0.25) is 0 Å². The molecule has 0 unspecified atom stereocenters. The quantitative estimate of drug-likeness (QED) is 0.673. The molecule has 3 aromatic rings. The summed E-state index contributed by atoms with van der Waals surface area (Å²) >= 11 is 6.32. The Morgan fingerprint density at radius 3 is 2.78 bits per heavy atom. The molecular weight excluding hydrogens is 358 g/mol. The first-order valence-electron chi connectivity index (χ1n) is 8.91. The van der Waals surface area contributed by atoms with E-state index in [1.54, 1.807) is 12.4 Å². The number of benzene rings is 2. The predicted octanol–water partition coefficient (Wildman–Crippen LogP) is 5.30. The first kappa shape index (κ1) is 17.6. The Morgan fingerprint density at radius 1 is 1.15 bits per heavy atom. The highest BCUT2D eigenvalue weighted by atomic mass is 35.5. The van der Waals surface area contributed by atoms with Gasteiger partial charge in [0.1, 0.15) is 0 Å². The van der Waals surface area contributed by atoms with Gasteiger partial charge in [-0.15, -0.1) is 0 Å². The third-order valence-corrected chi connectivity index (χ3v) is 5.15. The summed E-state index contributed by atoms with van der Waals surface area (Å²) in [6.45, 7) is 4.80. The fourth-order valence-corrected chi connectivity index (χ4v) is 3.93. The fraction of sp³-hybridized carbons (Fsp3) is 0.182. The Morgan fingerprint density at radius 2 is 1.96 bits per heavy atom. The zero-order chi connectivity index (χ0) is 19.0. The number of aryl methyl sites for hydroxylation is 2. The minimum Gasteiger partial charge on any atom is -0.340 e. The smallest absolute Gasteiger partial charge is 0.257 e. The summed E-state index contributed by atoms with van der Waals surface area (Å²) < 4.78 is 0. The molecule has 5 heteroatoms. The molecule has 2 heterocycles. The van der Waals surface area contributed by atoms with Gasteiger partial charge >= 0.3 is 0 Å². The highest BCUT2D eigenvalue weighted by molar-refractivity contribution is 6.34. The number of pyridine rings is 1. The van der Waals surface area contributed by atoms with Crippen LogP contribution in [0.4, 0.5) is 17.1 Å². The summed E-state index contributed by atoms with van der Waals surface area (Å²) in [5.41, 5.74) is 6.55. The highest BCUT2D eigenvalue weighted by Crippen LogP contribution is 2.34. The van der Waals surface area contributed by atoms with Crippen molar-refractivity contribution >= 4 is 34.6 Å². The first-order chi connectivity index (χ1) is 13.0. The van der Waals surface area contributed by atoms with Crippen molar-refractivity contribution in [1.82, 2.24) is 4.98 Å². The van der Waals surface area contributed by atoms with E-state index in [-0.39, 0.29) is 5.91 Å². The van der Waals surface area contributed by atoms with Gasteiger partial charge in [0, 0.05) is 18.4 Å². The third-order valence-electron chi connectivity index (χ3n) is 4.86. The lowest BCUT2D eigenvalue weighted by Gasteiger charge is -2.20. The Hall–Kier alpha value is -2.85. The van der Waals surface area contributed by atoms with Crippen molar-refractivity contribution in [2.24, 2.45) is 0 Å². The standard InChI is InChI=1S/C22H20ClN3O/c1-14-9-15(2)21(19(23)10-14)25-22(27)17-11-18(13-24-12-17)26-8-7-16-5-3-4-6-20(16)26/h3-6,9-13H,7-8H2,1-2H3,(H,25,27). The normalized spacial score (nSPS) is 12.8. The average molecular weight is 378 g/mol. The van der Waals surface area contributed by atoms with E-state index in [4.69, 9.17) is 11.6 Å². The number of amides is 1. The van der Waals surface area contributed by atoms with Crippen LogP contribution in [0.5, 0.6) is 0 Å². The number of fused-ring (bicyclic) bond motifs is 1. The number of anilines is 3. The lowest BCUT2D eigenvalue weighted by molar-refractivity contribution is 0.102. The van der Waals surface area contributed by atoms with Crippen molar-refractivity contribution in [3.05, 3.63) is 82.1 Å². The van der Waals surface area contributed by atoms with Gasteiger partial charge in [-0.05, 0) is 55.2 Å². The van der Waals surface area contributed by atoms with Crippen molar-refractivity contribution in [2.75, 3.05) is 16.8 Å². The molecule has 1 aliphatic rings. The van der Waals surface area contributed by atoms with Crippen LogP contribution in [-0.2, 0) is 6.42 Å². The largest absolute Gasteiger partial charge is 0.340 e. The van der Waals surface area contributed by atoms with Gasteiger partial charge in [-0.2, -0.15) is 0 Å². The first-order valence-corrected chi connectivity index (χ1v) is 9.29. The molecule has 4 rings (SSSR count). The minimum atomic E-state index is -0.217. The molecule has 27 heavy (non-hydrogen) atoms. The number of hydrogen-bond donors (Lipinski definition) is 1. The van der Waals surface area contributed by atoms with E-state index in [1.807, 2.05) is 38.1 Å². The maximum Gasteiger partial charge on any atom is 0.257 e. The fourth-order valence-electron chi connectivity index (χ4n) is 3.57. The van der Waals surface area contributed by atoms with Gasteiger partial charge < -0.3 is 10.2 Å². The van der Waals surface area contributed by atoms with E-state index in [1.165, 1.54) is 11.3 Å². The third kappa shape index (κ3) is 3.40. The second-order valence-corrected chi connectivity index (χ2v) is 7.26. The van der Waals surface area contributed by atoms with Crippen LogP contribution >= 0.6 is 11.6 Å². The Bertz CT molecular complexity index is 1010. The molecule has 1 amide bonds. The van der Waals surface area contributed by atoms with Gasteiger partial charge in [0.25, 0.3) is 5.91 Å². The average Bonchev–Trinajstić information content (AvgIpc) is 3.09. The maximum absolute atomic E-state index is 12.8. The summed E-state index contributed by atoms with van der Waals surface area (Å²) in [7, 11) is 0. The van der Waals surface area contributed by atoms with E-state index in [0.717, 1.165) is 29.8 Å². The van der Waals surface area contributed by atoms with Gasteiger partial charge in [-0.25, -0.2) is 0 Å². The second kappa shape index (κ2) is 7.05. The van der Waals surface area contributed by atoms with Gasteiger partial charge in [0.15, 0.2) is 0 Å². The number of aromatic nitrogens is 1. The summed E-state index contributed by atoms with van der Waals surface area (Å²) in [6.07, 6.45) is 4.37. The van der Waals surface area contributed by atoms with Crippen molar-refractivity contribution in [3.63, 3.8) is 0 Å². The molecule has 0 fully saturated rings. The zero-order valence-corrected chi connectivity index (χ0v) is 16.0. The lowest BCUT2D eigenvalue weighted by atomic mass is 10.1. The Kier molecular flexibility index (Phi) is 4.58. The molecule has 0 atom stereocenters. The van der Waals surface area contributed by atoms with Gasteiger partial charge in [0.05, 0.1) is 28.2 Å². The number of para-hydroxylation sites is 1. The molecule has 4 nitrogen and oxygen atoms in total. The number of carbonyl (C=O) groups is 1. The van der Waals surface area contributed by atoms with E-state index >= 15 is 0 Å². The molecule has 0 radical (unpaired) electrons. The molecule has 136 valence electrons. The van der Waals surface area contributed by atoms with Crippen LogP contribution < -0.4 is 10.2 Å². The molecular formula is C22H20ClN3O. The lowest BCUT2D eigenvalue weighted by Crippen LogP contribution is -2.17. The summed E-state index contributed by atoms with van der Waals surface area (Å²) in [6, 6.07) is 14.0. The number of hydrogen-bond acceptors (Lipinski definition) is 3. The molecule has 0 bridgehead atoms. The monoisotopic (exact) mass is 377 g/mol. The Labute approximate surface area is 163 Å². The molecule has 0 aliphatic carbocycles. The SMILES string of the molecule is Cc1cc(C)c(NC(=O)c2cncc(N3CCc4ccccc43)c2)c(Cl)c1. The van der Waals surface area contributed by atoms with E-state index < -0.39 is 0 Å². The minimum absolute atomic E-state index is 0.217. The summed E-state index contributed by atoms with van der Waals surface area (Å²) in [5.74, 6) is -0.217. The van der Waals surface area contributed by atoms with E-state index in [0.29, 0.717) is 16.3 Å². The van der Waals surface area contributed by atoms with Crippen LogP contribution in [0.2, 0.25) is 5.02 Å². The van der Waals surface area contributed by atoms with Crippen LogP contribution in [-0.4, -0.2) is 17.4 Å². The van der Waals surface area contributed by atoms with Gasteiger partial charge in [-0.1, -0.05) is 35.9 Å². The summed E-state index contributed by atoms with van der Waals surface area (Å²) in [5, 5.41) is 3.47. The molecule has 0 saturated heterocycles. The zero-order valence-electron chi connectivity index (χ0n) is 15.3. The predicted molar refractivity (Wildman–Crippen MR) is 110 cm³/mol. The van der Waals surface area contributed by atoms with E-state index in [9.17, 15) is 4.79 Å². The number of nitrogens with zero attached hydrogens (tertiary/aromatic N) is 2. The van der Waals surface area contributed by atoms with Crippen LogP contribution in [0.15, 0.2) is 54.9 Å². The Balaban J connectivity index is 1.61. The molecule has 1 N–H and O–H groups in total. The molecule has 1 aromatic heterocycles. The van der Waals surface area contributed by atoms with E-state index in [2.05, 4.69) is 33.4 Å². The topological polar surface area (TPSA) is 45.2 Å².